The van der Waals surface area contributed by atoms with E-state index in [0.29, 0.717) is 29.4 Å². The molecule has 0 unspecified atom stereocenters. The van der Waals surface area contributed by atoms with Gasteiger partial charge in [0.15, 0.2) is 5.69 Å². The second-order valence-corrected chi connectivity index (χ2v) is 10.1. The Balaban J connectivity index is 1.36. The number of likely N-dealkylation sites (tertiary alicyclic amines) is 1. The van der Waals surface area contributed by atoms with Gasteiger partial charge in [0.25, 0.3) is 5.91 Å². The van der Waals surface area contributed by atoms with E-state index < -0.39 is 11.9 Å². The van der Waals surface area contributed by atoms with Crippen LogP contribution in [0, 0.1) is 0 Å². The van der Waals surface area contributed by atoms with Crippen LogP contribution >= 0.6 is 15.9 Å². The number of carbonyl (C=O) groups excluding carboxylic acids is 2. The van der Waals surface area contributed by atoms with E-state index in [9.17, 15) is 9.59 Å². The molecule has 206 valence electrons. The van der Waals surface area contributed by atoms with Crippen molar-refractivity contribution in [2.75, 3.05) is 12.3 Å². The van der Waals surface area contributed by atoms with Crippen molar-refractivity contribution in [1.82, 2.24) is 35.6 Å². The summed E-state index contributed by atoms with van der Waals surface area (Å²) in [5, 5.41) is 19.7. The number of carbonyl (C=O) groups is 2. The van der Waals surface area contributed by atoms with Crippen molar-refractivity contribution in [3.63, 3.8) is 0 Å². The second-order valence-electron chi connectivity index (χ2n) is 9.22. The number of aromatic nitrogens is 5. The Morgan fingerprint density at radius 1 is 1.23 bits per heavy atom. The average molecular weight is 608 g/mol. The van der Waals surface area contributed by atoms with Crippen molar-refractivity contribution in [3.8, 4) is 11.6 Å². The maximum Gasteiger partial charge on any atom is 0.343 e. The molecule has 2 aromatic heterocycles. The molecule has 0 bridgehead atoms. The lowest BCUT2D eigenvalue weighted by molar-refractivity contribution is 0.0734. The van der Waals surface area contributed by atoms with E-state index in [2.05, 4.69) is 58.9 Å². The number of hydrogen-bond donors (Lipinski definition) is 2. The summed E-state index contributed by atoms with van der Waals surface area (Å²) in [6, 6.07) is 14.0. The zero-order valence-corrected chi connectivity index (χ0v) is 23.1. The van der Waals surface area contributed by atoms with Crippen LogP contribution in [-0.2, 0) is 6.54 Å². The van der Waals surface area contributed by atoms with E-state index in [1.54, 1.807) is 42.5 Å². The van der Waals surface area contributed by atoms with Gasteiger partial charge >= 0.3 is 5.97 Å². The molecular formula is C26H26BrN9O4. The third-order valence-electron chi connectivity index (χ3n) is 6.52. The number of nitrogens with one attached hydrogen (secondary N) is 1. The highest BCUT2D eigenvalue weighted by molar-refractivity contribution is 9.10. The number of benzene rings is 2. The predicted octanol–water partition coefficient (Wildman–Crippen LogP) is 3.35. The van der Waals surface area contributed by atoms with E-state index in [1.807, 2.05) is 6.07 Å². The van der Waals surface area contributed by atoms with Gasteiger partial charge in [-0.25, -0.2) is 14.8 Å². The zero-order chi connectivity index (χ0) is 28.1. The lowest BCUT2D eigenvalue weighted by atomic mass is 10.0. The maximum atomic E-state index is 13.2. The van der Waals surface area contributed by atoms with Crippen molar-refractivity contribution in [2.24, 2.45) is 5.10 Å². The standard InChI is InChI=1S/C26H26BrN9O4/c1-16-7-5-6-12-35(16)15-20-22(30-34-36(20)24-23(28)32-40-33-24)25(37)31-29-14-18-13-19(27)10-11-21(18)39-26(38)17-8-3-2-4-9-17/h2-4,8-11,13-14,16H,5-7,12,15H2,1H3,(H2,28,32)(H,31,37)/b29-14+/t16-/m1/s1. The molecule has 0 radical (unpaired) electrons. The van der Waals surface area contributed by atoms with Gasteiger partial charge in [0.1, 0.15) is 5.75 Å². The fourth-order valence-electron chi connectivity index (χ4n) is 4.37. The van der Waals surface area contributed by atoms with Gasteiger partial charge in [0, 0.05) is 22.6 Å². The summed E-state index contributed by atoms with van der Waals surface area (Å²) >= 11 is 3.41. The number of halogens is 1. The number of hydrazone groups is 1. The van der Waals surface area contributed by atoms with Crippen LogP contribution in [0.5, 0.6) is 5.75 Å². The molecule has 1 amide bonds. The number of rotatable bonds is 8. The van der Waals surface area contributed by atoms with Crippen LogP contribution in [0.4, 0.5) is 5.82 Å². The van der Waals surface area contributed by atoms with E-state index in [4.69, 9.17) is 15.1 Å². The van der Waals surface area contributed by atoms with Crippen molar-refractivity contribution < 1.29 is 19.0 Å². The summed E-state index contributed by atoms with van der Waals surface area (Å²) in [5.74, 6) is -0.662. The number of ether oxygens (including phenoxy) is 1. The molecule has 5 rings (SSSR count). The highest BCUT2D eigenvalue weighted by atomic mass is 79.9. The molecule has 2 aromatic carbocycles. The second kappa shape index (κ2) is 12.2. The van der Waals surface area contributed by atoms with Crippen molar-refractivity contribution >= 4 is 39.8 Å². The number of amides is 1. The number of nitrogens with zero attached hydrogens (tertiary/aromatic N) is 7. The minimum Gasteiger partial charge on any atom is -0.422 e. The molecule has 14 heteroatoms. The quantitative estimate of drug-likeness (QED) is 0.131. The molecule has 3 heterocycles. The molecule has 1 atom stereocenters. The molecule has 0 aliphatic carbocycles. The van der Waals surface area contributed by atoms with Gasteiger partial charge in [-0.3, -0.25) is 9.69 Å². The monoisotopic (exact) mass is 607 g/mol. The molecule has 13 nitrogen and oxygen atoms in total. The number of anilines is 1. The van der Waals surface area contributed by atoms with Gasteiger partial charge in [0.05, 0.1) is 17.5 Å². The van der Waals surface area contributed by atoms with Crippen molar-refractivity contribution in [1.29, 1.82) is 0 Å². The van der Waals surface area contributed by atoms with Gasteiger partial charge in [-0.1, -0.05) is 45.8 Å². The van der Waals surface area contributed by atoms with Crippen LogP contribution in [0.25, 0.3) is 5.82 Å². The number of hydrogen-bond acceptors (Lipinski definition) is 11. The number of nitrogen functional groups attached to an aromatic ring is 1. The normalized spacial score (nSPS) is 15.8. The van der Waals surface area contributed by atoms with Crippen LogP contribution in [0.15, 0.2) is 62.7 Å². The summed E-state index contributed by atoms with van der Waals surface area (Å²) in [7, 11) is 0. The van der Waals surface area contributed by atoms with Crippen LogP contribution in [-0.4, -0.2) is 60.9 Å². The summed E-state index contributed by atoms with van der Waals surface area (Å²) in [4.78, 5) is 28.0. The first-order chi connectivity index (χ1) is 19.4. The maximum absolute atomic E-state index is 13.2. The zero-order valence-electron chi connectivity index (χ0n) is 21.5. The molecule has 1 aliphatic rings. The molecule has 1 saturated heterocycles. The van der Waals surface area contributed by atoms with Crippen molar-refractivity contribution in [2.45, 2.75) is 38.8 Å². The lowest BCUT2D eigenvalue weighted by Gasteiger charge is -2.33. The van der Waals surface area contributed by atoms with E-state index >= 15 is 0 Å². The Morgan fingerprint density at radius 3 is 2.80 bits per heavy atom. The predicted molar refractivity (Wildman–Crippen MR) is 148 cm³/mol. The summed E-state index contributed by atoms with van der Waals surface area (Å²) in [6.45, 7) is 3.40. The van der Waals surface area contributed by atoms with Crippen molar-refractivity contribution in [3.05, 3.63) is 75.5 Å². The van der Waals surface area contributed by atoms with E-state index in [0.717, 1.165) is 30.3 Å². The Labute approximate surface area is 237 Å². The lowest BCUT2D eigenvalue weighted by Crippen LogP contribution is -2.38. The van der Waals surface area contributed by atoms with Crippen LogP contribution in [0.3, 0.4) is 0 Å². The Hall–Kier alpha value is -4.43. The number of nitrogens with two attached hydrogens (primary N) is 1. The molecule has 4 aromatic rings. The first kappa shape index (κ1) is 27.1. The third-order valence-corrected chi connectivity index (χ3v) is 7.01. The van der Waals surface area contributed by atoms with Gasteiger partial charge in [-0.2, -0.15) is 9.78 Å². The highest BCUT2D eigenvalue weighted by Crippen LogP contribution is 2.24. The van der Waals surface area contributed by atoms with Gasteiger partial charge in [-0.15, -0.1) is 5.10 Å². The largest absolute Gasteiger partial charge is 0.422 e. The minimum atomic E-state index is -0.588. The third kappa shape index (κ3) is 6.07. The smallest absolute Gasteiger partial charge is 0.343 e. The van der Waals surface area contributed by atoms with Crippen LogP contribution in [0.2, 0.25) is 0 Å². The van der Waals surface area contributed by atoms with Gasteiger partial charge < -0.3 is 10.5 Å². The number of esters is 1. The fourth-order valence-corrected chi connectivity index (χ4v) is 4.75. The van der Waals surface area contributed by atoms with E-state index in [1.165, 1.54) is 10.9 Å². The Kier molecular flexibility index (Phi) is 8.26. The minimum absolute atomic E-state index is 0.0232. The number of piperidine rings is 1. The molecule has 1 fully saturated rings. The fraction of sp³-hybridized carbons (Fsp3) is 0.269. The SMILES string of the molecule is C[C@@H]1CCCCN1Cc1c(C(=O)N/N=C/c2cc(Br)ccc2OC(=O)c2ccccc2)nnn1-c1nonc1N. The first-order valence-electron chi connectivity index (χ1n) is 12.6. The Morgan fingerprint density at radius 2 is 2.05 bits per heavy atom. The van der Waals surface area contributed by atoms with Crippen LogP contribution in [0.1, 0.15) is 58.3 Å². The van der Waals surface area contributed by atoms with E-state index in [-0.39, 0.29) is 23.1 Å². The molecule has 0 spiro atoms. The van der Waals surface area contributed by atoms with Crippen LogP contribution < -0.4 is 15.9 Å². The Bertz CT molecular complexity index is 1540. The molecule has 0 saturated carbocycles. The summed E-state index contributed by atoms with van der Waals surface area (Å²) in [5.41, 5.74) is 9.79. The highest BCUT2D eigenvalue weighted by Gasteiger charge is 2.28. The summed E-state index contributed by atoms with van der Waals surface area (Å²) in [6.07, 6.45) is 4.63. The van der Waals surface area contributed by atoms with Gasteiger partial charge in [-0.05, 0) is 67.0 Å². The molecule has 40 heavy (non-hydrogen) atoms. The topological polar surface area (TPSA) is 167 Å². The summed E-state index contributed by atoms with van der Waals surface area (Å²) < 4.78 is 12.4. The molecule has 1 aliphatic heterocycles. The first-order valence-corrected chi connectivity index (χ1v) is 13.4. The molecular weight excluding hydrogens is 582 g/mol. The average Bonchev–Trinajstić information content (AvgIpc) is 3.57. The molecule has 3 N–H and O–H groups in total. The van der Waals surface area contributed by atoms with Gasteiger partial charge in [0.2, 0.25) is 11.6 Å².